The van der Waals surface area contributed by atoms with Crippen LogP contribution in [-0.2, 0) is 16.0 Å². The number of nitrogens with one attached hydrogen (secondary N) is 3. The fourth-order valence-corrected chi connectivity index (χ4v) is 6.64. The van der Waals surface area contributed by atoms with Crippen LogP contribution in [0.2, 0.25) is 0 Å². The Bertz CT molecular complexity index is 1680. The van der Waals surface area contributed by atoms with Gasteiger partial charge in [-0.1, -0.05) is 0 Å². The molecule has 0 heterocycles. The second kappa shape index (κ2) is 10.6. The van der Waals surface area contributed by atoms with Crippen molar-refractivity contribution in [3.05, 3.63) is 69.9 Å². The number of phenolic OH excluding ortho intramolecular Hbond substituents is 1. The number of benzene rings is 2. The van der Waals surface area contributed by atoms with E-state index in [-0.39, 0.29) is 35.6 Å². The molecule has 4 atom stereocenters. The molecule has 0 aliphatic heterocycles. The monoisotopic (exact) mass is 608 g/mol. The number of nitrogens with two attached hydrogens (primary N) is 1. The van der Waals surface area contributed by atoms with Crippen LogP contribution < -0.4 is 21.3 Å². The summed E-state index contributed by atoms with van der Waals surface area (Å²) in [4.78, 5) is 43.0. The van der Waals surface area contributed by atoms with Crippen molar-refractivity contribution in [2.45, 2.75) is 24.5 Å². The van der Waals surface area contributed by atoms with E-state index in [1.165, 1.54) is 29.2 Å². The Balaban J connectivity index is 1.62. The molecule has 0 spiro atoms. The number of carbonyl (C=O) groups is 3. The lowest BCUT2D eigenvalue weighted by Gasteiger charge is -2.50. The number of primary amides is 1. The summed E-state index contributed by atoms with van der Waals surface area (Å²) in [6.45, 7) is 0. The first-order chi connectivity index (χ1) is 20.6. The number of aliphatic hydroxyl groups excluding tert-OH is 2. The summed E-state index contributed by atoms with van der Waals surface area (Å²) >= 11 is 0. The highest BCUT2D eigenvalue weighted by Gasteiger charge is 2.63. The Labute approximate surface area is 251 Å². The smallest absolute Gasteiger partial charge is 0.255 e. The number of halogens is 1. The first kappa shape index (κ1) is 30.5. The lowest BCUT2D eigenvalue weighted by molar-refractivity contribution is -0.148. The summed E-state index contributed by atoms with van der Waals surface area (Å²) in [5, 5.41) is 59.3. The summed E-state index contributed by atoms with van der Waals surface area (Å²) in [6.07, 6.45) is 0.0762. The Morgan fingerprint density at radius 2 is 1.73 bits per heavy atom. The molecule has 44 heavy (non-hydrogen) atoms. The molecule has 232 valence electrons. The summed E-state index contributed by atoms with van der Waals surface area (Å²) in [5.41, 5.74) is 2.57. The quantitative estimate of drug-likeness (QED) is 0.106. The number of anilines is 3. The summed E-state index contributed by atoms with van der Waals surface area (Å²) in [5.74, 6) is -8.23. The van der Waals surface area contributed by atoms with Crippen molar-refractivity contribution in [1.82, 2.24) is 4.90 Å². The van der Waals surface area contributed by atoms with Gasteiger partial charge in [0.05, 0.1) is 17.3 Å². The maximum atomic E-state index is 14.1. The number of aromatic hydroxyl groups is 1. The number of guanidine groups is 1. The molecule has 0 unspecified atom stereocenters. The molecule has 0 radical (unpaired) electrons. The van der Waals surface area contributed by atoms with Crippen LogP contribution in [-0.4, -0.2) is 88.6 Å². The first-order valence-corrected chi connectivity index (χ1v) is 13.7. The lowest BCUT2D eigenvalue weighted by Crippen LogP contribution is -2.63. The number of hydrogen-bond donors (Lipinski definition) is 8. The number of fused-ring (bicyclic) bond motifs is 3. The molecule has 0 saturated carbocycles. The maximum absolute atomic E-state index is 14.1. The van der Waals surface area contributed by atoms with E-state index >= 15 is 0 Å². The second-order valence-electron chi connectivity index (χ2n) is 11.6. The Morgan fingerprint density at radius 1 is 1.09 bits per heavy atom. The van der Waals surface area contributed by atoms with Gasteiger partial charge < -0.3 is 41.7 Å². The van der Waals surface area contributed by atoms with E-state index in [1.807, 2.05) is 0 Å². The van der Waals surface area contributed by atoms with Crippen LogP contribution in [0.15, 0.2) is 53.0 Å². The lowest BCUT2D eigenvalue weighted by atomic mass is 9.58. The molecule has 2 aromatic rings. The van der Waals surface area contributed by atoms with Crippen LogP contribution in [0.5, 0.6) is 5.75 Å². The van der Waals surface area contributed by atoms with E-state index < -0.39 is 69.6 Å². The number of rotatable bonds is 5. The van der Waals surface area contributed by atoms with Gasteiger partial charge in [-0.25, -0.2) is 4.39 Å². The third kappa shape index (κ3) is 4.53. The summed E-state index contributed by atoms with van der Waals surface area (Å²) in [7, 11) is 6.57. The fourth-order valence-electron chi connectivity index (χ4n) is 6.64. The zero-order valence-corrected chi connectivity index (χ0v) is 24.4. The van der Waals surface area contributed by atoms with Crippen LogP contribution in [0.4, 0.5) is 21.5 Å². The number of likely N-dealkylation sites (N-methyl/N-ethyl adjacent to an activating group) is 1. The molecule has 0 fully saturated rings. The number of nitrogens with zero attached hydrogens (tertiary/aromatic N) is 2. The minimum Gasteiger partial charge on any atom is -0.510 e. The molecule has 3 aliphatic carbocycles. The van der Waals surface area contributed by atoms with Crippen molar-refractivity contribution in [3.63, 3.8) is 0 Å². The molecule has 2 aromatic carbocycles. The predicted octanol–water partition coefficient (Wildman–Crippen LogP) is 1.78. The Hall–Kier alpha value is -4.95. The molecule has 3 aliphatic rings. The van der Waals surface area contributed by atoms with Gasteiger partial charge in [0.15, 0.2) is 23.1 Å². The molecule has 14 heteroatoms. The Morgan fingerprint density at radius 3 is 2.30 bits per heavy atom. The van der Waals surface area contributed by atoms with Gasteiger partial charge in [0.25, 0.3) is 5.91 Å². The molecule has 0 saturated heterocycles. The number of allylic oxidation sites excluding steroid dienone is 1. The van der Waals surface area contributed by atoms with Crippen molar-refractivity contribution in [2.24, 2.45) is 17.6 Å². The highest BCUT2D eigenvalue weighted by atomic mass is 19.1. The Kier molecular flexibility index (Phi) is 7.38. The largest absolute Gasteiger partial charge is 0.510 e. The van der Waals surface area contributed by atoms with Gasteiger partial charge in [0, 0.05) is 37.0 Å². The average molecular weight is 609 g/mol. The molecule has 0 aromatic heterocycles. The van der Waals surface area contributed by atoms with E-state index in [4.69, 9.17) is 11.1 Å². The zero-order chi connectivity index (χ0) is 32.4. The van der Waals surface area contributed by atoms with Crippen LogP contribution >= 0.6 is 0 Å². The van der Waals surface area contributed by atoms with E-state index in [9.17, 15) is 39.2 Å². The van der Waals surface area contributed by atoms with Gasteiger partial charge in [-0.3, -0.25) is 24.7 Å². The number of Topliss-reactive ketones (excluding diaryl/α,β-unsaturated/α-hetero) is 2. The van der Waals surface area contributed by atoms with Crippen molar-refractivity contribution in [1.29, 1.82) is 5.41 Å². The standard InChI is InChI=1S/C30H33FN6O7/c1-36(2)18-11-17(35-29(33)34-14-7-5-13(31)6-8-14)23(38)20-15(18)9-12-10-16-22(37(3)4)25(40)21(28(32)43)27(42)30(16,44)26(41)19(12)24(20)39/h5-8,11-12,16,22,38,40-41,44H,9-10H2,1-4H3,(H2,32,43)(H3,33,34,35)/t12-,16-,22+,30-/m0/s1. The van der Waals surface area contributed by atoms with E-state index in [2.05, 4.69) is 10.6 Å². The summed E-state index contributed by atoms with van der Waals surface area (Å²) < 4.78 is 13.3. The molecular formula is C30H33FN6O7. The molecule has 1 amide bonds. The molecule has 13 nitrogen and oxygen atoms in total. The van der Waals surface area contributed by atoms with Crippen LogP contribution in [0.3, 0.4) is 0 Å². The minimum atomic E-state index is -2.75. The normalized spacial score (nSPS) is 24.5. The van der Waals surface area contributed by atoms with Crippen molar-refractivity contribution < 1.29 is 39.2 Å². The van der Waals surface area contributed by atoms with Gasteiger partial charge in [-0.2, -0.15) is 0 Å². The number of aliphatic hydroxyl groups is 3. The topological polar surface area (TPSA) is 213 Å². The third-order valence-corrected chi connectivity index (χ3v) is 8.55. The first-order valence-electron chi connectivity index (χ1n) is 13.7. The minimum absolute atomic E-state index is 0.0309. The number of ketones is 2. The molecule has 9 N–H and O–H groups in total. The third-order valence-electron chi connectivity index (χ3n) is 8.55. The van der Waals surface area contributed by atoms with Gasteiger partial charge in [0.2, 0.25) is 5.78 Å². The highest BCUT2D eigenvalue weighted by Crippen LogP contribution is 2.53. The predicted molar refractivity (Wildman–Crippen MR) is 159 cm³/mol. The van der Waals surface area contributed by atoms with Gasteiger partial charge in [-0.05, 0) is 68.8 Å². The van der Waals surface area contributed by atoms with E-state index in [0.29, 0.717) is 16.9 Å². The summed E-state index contributed by atoms with van der Waals surface area (Å²) in [6, 6.07) is 5.69. The second-order valence-corrected chi connectivity index (χ2v) is 11.6. The average Bonchev–Trinajstić information content (AvgIpc) is 2.93. The molecule has 0 bridgehead atoms. The van der Waals surface area contributed by atoms with Crippen LogP contribution in [0.1, 0.15) is 22.3 Å². The van der Waals surface area contributed by atoms with Gasteiger partial charge in [-0.15, -0.1) is 0 Å². The van der Waals surface area contributed by atoms with E-state index in [0.717, 1.165) is 0 Å². The van der Waals surface area contributed by atoms with Gasteiger partial charge in [0.1, 0.15) is 22.9 Å². The number of carbonyl (C=O) groups excluding carboxylic acids is 3. The molecular weight excluding hydrogens is 575 g/mol. The molecule has 5 rings (SSSR count). The maximum Gasteiger partial charge on any atom is 0.255 e. The van der Waals surface area contributed by atoms with Crippen LogP contribution in [0.25, 0.3) is 0 Å². The van der Waals surface area contributed by atoms with Gasteiger partial charge >= 0.3 is 0 Å². The van der Waals surface area contributed by atoms with Crippen LogP contribution in [0, 0.1) is 23.1 Å². The highest BCUT2D eigenvalue weighted by molar-refractivity contribution is 6.25. The number of hydrogen-bond acceptors (Lipinski definition) is 10. The number of phenols is 1. The fraction of sp³-hybridized carbons (Fsp3) is 0.333. The number of amides is 1. The SMILES string of the molecule is CN(C)c1cc(NC(=N)Nc2ccc(F)cc2)c(O)c2c1C[C@H]1C[C@H]3[C@@H](N(C)C)C(O)=C(C(N)=O)C(=O)[C@@]3(O)C(O)=C1C2=O. The van der Waals surface area contributed by atoms with Crippen molar-refractivity contribution in [2.75, 3.05) is 43.7 Å². The van der Waals surface area contributed by atoms with E-state index in [1.54, 1.807) is 39.2 Å². The van der Waals surface area contributed by atoms with Crippen molar-refractivity contribution in [3.8, 4) is 5.75 Å². The van der Waals surface area contributed by atoms with Crippen molar-refractivity contribution >= 4 is 40.5 Å². The zero-order valence-electron chi connectivity index (χ0n) is 24.4.